The highest BCUT2D eigenvalue weighted by Crippen LogP contribution is 2.27. The molecule has 3 rings (SSSR count). The molecule has 0 amide bonds. The van der Waals surface area contributed by atoms with Gasteiger partial charge in [-0.2, -0.15) is 0 Å². The SMILES string of the molecule is CCc1ccc2nc(-c3ccc(O)c(N)c3)[nH]c2c1. The zero-order valence-corrected chi connectivity index (χ0v) is 10.6. The summed E-state index contributed by atoms with van der Waals surface area (Å²) >= 11 is 0. The number of aromatic amines is 1. The Kier molecular flexibility index (Phi) is 2.63. The number of nitrogen functional groups attached to an aromatic ring is 1. The zero-order valence-electron chi connectivity index (χ0n) is 10.6. The van der Waals surface area contributed by atoms with Crippen LogP contribution in [0.5, 0.6) is 5.75 Å². The maximum Gasteiger partial charge on any atom is 0.138 e. The number of phenolic OH excluding ortho intramolecular Hbond substituents is 1. The van der Waals surface area contributed by atoms with Gasteiger partial charge in [0, 0.05) is 5.56 Å². The first-order valence-electron chi connectivity index (χ1n) is 6.25. The van der Waals surface area contributed by atoms with Crippen LogP contribution in [0.3, 0.4) is 0 Å². The second kappa shape index (κ2) is 4.31. The lowest BCUT2D eigenvalue weighted by Crippen LogP contribution is -1.87. The Bertz CT molecular complexity index is 746. The summed E-state index contributed by atoms with van der Waals surface area (Å²) in [6.07, 6.45) is 0.996. The van der Waals surface area contributed by atoms with Gasteiger partial charge in [0.05, 0.1) is 16.7 Å². The van der Waals surface area contributed by atoms with Crippen LogP contribution in [0, 0.1) is 0 Å². The van der Waals surface area contributed by atoms with E-state index in [1.807, 2.05) is 6.07 Å². The molecule has 0 saturated heterocycles. The molecule has 0 spiro atoms. The summed E-state index contributed by atoms with van der Waals surface area (Å²) in [4.78, 5) is 7.82. The standard InChI is InChI=1S/C15H15N3O/c1-2-9-3-5-12-13(7-9)18-15(17-12)10-4-6-14(19)11(16)8-10/h3-8,19H,2,16H2,1H3,(H,17,18). The molecule has 0 radical (unpaired) electrons. The first kappa shape index (κ1) is 11.6. The maximum atomic E-state index is 9.44. The van der Waals surface area contributed by atoms with Gasteiger partial charge in [0.2, 0.25) is 0 Å². The fraction of sp³-hybridized carbons (Fsp3) is 0.133. The van der Waals surface area contributed by atoms with Gasteiger partial charge in [-0.05, 0) is 42.3 Å². The minimum Gasteiger partial charge on any atom is -0.506 e. The van der Waals surface area contributed by atoms with Crippen LogP contribution in [0.4, 0.5) is 5.69 Å². The normalized spacial score (nSPS) is 11.0. The number of imidazole rings is 1. The Morgan fingerprint density at radius 2 is 2.05 bits per heavy atom. The van der Waals surface area contributed by atoms with Crippen molar-refractivity contribution in [2.75, 3.05) is 5.73 Å². The Morgan fingerprint density at radius 3 is 2.79 bits per heavy atom. The largest absolute Gasteiger partial charge is 0.506 e. The quantitative estimate of drug-likeness (QED) is 0.485. The van der Waals surface area contributed by atoms with Crippen molar-refractivity contribution in [2.24, 2.45) is 0 Å². The van der Waals surface area contributed by atoms with Crippen LogP contribution >= 0.6 is 0 Å². The lowest BCUT2D eigenvalue weighted by molar-refractivity contribution is 0.478. The van der Waals surface area contributed by atoms with Crippen LogP contribution < -0.4 is 5.73 Å². The van der Waals surface area contributed by atoms with E-state index in [4.69, 9.17) is 5.73 Å². The number of fused-ring (bicyclic) bond motifs is 1. The molecule has 0 aliphatic rings. The number of nitrogens with zero attached hydrogens (tertiary/aromatic N) is 1. The van der Waals surface area contributed by atoms with Crippen LogP contribution in [-0.2, 0) is 6.42 Å². The first-order chi connectivity index (χ1) is 9.17. The van der Waals surface area contributed by atoms with Crippen LogP contribution in [0.1, 0.15) is 12.5 Å². The highest BCUT2D eigenvalue weighted by Gasteiger charge is 2.07. The molecular weight excluding hydrogens is 238 g/mol. The number of aryl methyl sites for hydroxylation is 1. The van der Waals surface area contributed by atoms with Crippen LogP contribution in [0.15, 0.2) is 36.4 Å². The Labute approximate surface area is 110 Å². The fourth-order valence-electron chi connectivity index (χ4n) is 2.12. The third kappa shape index (κ3) is 2.01. The predicted octanol–water partition coefficient (Wildman–Crippen LogP) is 3.08. The van der Waals surface area contributed by atoms with Gasteiger partial charge < -0.3 is 15.8 Å². The van der Waals surface area contributed by atoms with Crippen molar-refractivity contribution >= 4 is 16.7 Å². The number of aromatic nitrogens is 2. The Hall–Kier alpha value is -2.49. The van der Waals surface area contributed by atoms with Crippen molar-refractivity contribution in [1.82, 2.24) is 9.97 Å². The van der Waals surface area contributed by atoms with E-state index in [1.54, 1.807) is 18.2 Å². The molecule has 0 saturated carbocycles. The molecule has 4 nitrogen and oxygen atoms in total. The van der Waals surface area contributed by atoms with E-state index in [0.717, 1.165) is 28.8 Å². The number of anilines is 1. The average molecular weight is 253 g/mol. The molecule has 0 bridgehead atoms. The van der Waals surface area contributed by atoms with Crippen LogP contribution in [0.25, 0.3) is 22.4 Å². The van der Waals surface area contributed by atoms with Gasteiger partial charge in [0.1, 0.15) is 11.6 Å². The van der Waals surface area contributed by atoms with Gasteiger partial charge in [-0.15, -0.1) is 0 Å². The lowest BCUT2D eigenvalue weighted by Gasteiger charge is -2.00. The molecule has 4 heteroatoms. The molecule has 0 fully saturated rings. The monoisotopic (exact) mass is 253 g/mol. The van der Waals surface area contributed by atoms with Crippen LogP contribution in [-0.4, -0.2) is 15.1 Å². The van der Waals surface area contributed by atoms with Crippen molar-refractivity contribution in [1.29, 1.82) is 0 Å². The van der Waals surface area contributed by atoms with Crippen molar-refractivity contribution in [3.05, 3.63) is 42.0 Å². The number of rotatable bonds is 2. The summed E-state index contributed by atoms with van der Waals surface area (Å²) in [6.45, 7) is 2.12. The smallest absolute Gasteiger partial charge is 0.138 e. The number of nitrogens with one attached hydrogen (secondary N) is 1. The third-order valence-electron chi connectivity index (χ3n) is 3.26. The lowest BCUT2D eigenvalue weighted by atomic mass is 10.1. The number of benzene rings is 2. The number of hydrogen-bond acceptors (Lipinski definition) is 3. The van der Waals surface area contributed by atoms with E-state index in [-0.39, 0.29) is 5.75 Å². The minimum atomic E-state index is 0.0909. The molecule has 1 heterocycles. The molecule has 96 valence electrons. The number of hydrogen-bond donors (Lipinski definition) is 3. The molecule has 0 aliphatic carbocycles. The Balaban J connectivity index is 2.11. The summed E-state index contributed by atoms with van der Waals surface area (Å²) < 4.78 is 0. The van der Waals surface area contributed by atoms with Gasteiger partial charge in [-0.1, -0.05) is 13.0 Å². The molecule has 4 N–H and O–H groups in total. The maximum absolute atomic E-state index is 9.44. The van der Waals surface area contributed by atoms with Gasteiger partial charge in [-0.25, -0.2) is 4.98 Å². The van der Waals surface area contributed by atoms with Gasteiger partial charge >= 0.3 is 0 Å². The zero-order chi connectivity index (χ0) is 13.4. The van der Waals surface area contributed by atoms with Gasteiger partial charge in [0.25, 0.3) is 0 Å². The molecule has 2 aromatic carbocycles. The highest BCUT2D eigenvalue weighted by molar-refractivity contribution is 5.80. The molecule has 0 atom stereocenters. The second-order valence-electron chi connectivity index (χ2n) is 4.56. The van der Waals surface area contributed by atoms with E-state index in [1.165, 1.54) is 5.56 Å². The Morgan fingerprint density at radius 1 is 1.21 bits per heavy atom. The molecular formula is C15H15N3O. The summed E-state index contributed by atoms with van der Waals surface area (Å²) in [5, 5.41) is 9.44. The number of phenols is 1. The van der Waals surface area contributed by atoms with E-state index < -0.39 is 0 Å². The molecule has 1 aromatic heterocycles. The third-order valence-corrected chi connectivity index (χ3v) is 3.26. The topological polar surface area (TPSA) is 74.9 Å². The van der Waals surface area contributed by atoms with Crippen LogP contribution in [0.2, 0.25) is 0 Å². The van der Waals surface area contributed by atoms with Gasteiger partial charge in [-0.3, -0.25) is 0 Å². The number of aromatic hydroxyl groups is 1. The molecule has 19 heavy (non-hydrogen) atoms. The number of H-pyrrole nitrogens is 1. The summed E-state index contributed by atoms with van der Waals surface area (Å²) in [5.41, 5.74) is 10.1. The number of nitrogens with two attached hydrogens (primary N) is 1. The summed E-state index contributed by atoms with van der Waals surface area (Å²) in [6, 6.07) is 11.3. The molecule has 0 aliphatic heterocycles. The van der Waals surface area contributed by atoms with E-state index in [9.17, 15) is 5.11 Å². The first-order valence-corrected chi connectivity index (χ1v) is 6.25. The van der Waals surface area contributed by atoms with E-state index in [2.05, 4.69) is 29.0 Å². The highest BCUT2D eigenvalue weighted by atomic mass is 16.3. The second-order valence-corrected chi connectivity index (χ2v) is 4.56. The van der Waals surface area contributed by atoms with Gasteiger partial charge in [0.15, 0.2) is 0 Å². The summed E-state index contributed by atoms with van der Waals surface area (Å²) in [7, 11) is 0. The van der Waals surface area contributed by atoms with Crippen molar-refractivity contribution in [3.8, 4) is 17.1 Å². The minimum absolute atomic E-state index is 0.0909. The fourth-order valence-corrected chi connectivity index (χ4v) is 2.12. The van der Waals surface area contributed by atoms with E-state index in [0.29, 0.717) is 5.69 Å². The average Bonchev–Trinajstić information content (AvgIpc) is 2.84. The van der Waals surface area contributed by atoms with Crippen molar-refractivity contribution < 1.29 is 5.11 Å². The van der Waals surface area contributed by atoms with Crippen molar-refractivity contribution in [2.45, 2.75) is 13.3 Å². The predicted molar refractivity (Wildman–Crippen MR) is 77.0 cm³/mol. The summed E-state index contributed by atoms with van der Waals surface area (Å²) in [5.74, 6) is 0.850. The molecule has 0 unspecified atom stereocenters. The van der Waals surface area contributed by atoms with Crippen molar-refractivity contribution in [3.63, 3.8) is 0 Å². The molecule has 3 aromatic rings. The van der Waals surface area contributed by atoms with E-state index >= 15 is 0 Å².